The summed E-state index contributed by atoms with van der Waals surface area (Å²) in [4.78, 5) is 2.36. The summed E-state index contributed by atoms with van der Waals surface area (Å²) in [5, 5.41) is 4.76. The van der Waals surface area contributed by atoms with Crippen molar-refractivity contribution >= 4 is 66.4 Å². The molecule has 0 atom stereocenters. The highest BCUT2D eigenvalue weighted by Gasteiger charge is 2.20. The van der Waals surface area contributed by atoms with Gasteiger partial charge in [-0.3, -0.25) is 0 Å². The average molecular weight is 579 g/mol. The van der Waals surface area contributed by atoms with Crippen molar-refractivity contribution in [3.63, 3.8) is 0 Å². The fourth-order valence-electron chi connectivity index (χ4n) is 6.99. The molecule has 1 aliphatic carbocycles. The lowest BCUT2D eigenvalue weighted by Gasteiger charge is -2.27. The van der Waals surface area contributed by atoms with Crippen LogP contribution in [0, 0.1) is 0 Å². The molecule has 0 fully saturated rings. The van der Waals surface area contributed by atoms with Crippen molar-refractivity contribution in [3.05, 3.63) is 163 Å². The zero-order valence-electron chi connectivity index (χ0n) is 24.7. The maximum atomic E-state index is 6.32. The maximum Gasteiger partial charge on any atom is 0.137 e. The second kappa shape index (κ2) is 10.4. The van der Waals surface area contributed by atoms with E-state index in [1.807, 2.05) is 12.1 Å². The van der Waals surface area contributed by atoms with Crippen LogP contribution in [0.1, 0.15) is 18.4 Å². The first-order chi connectivity index (χ1) is 22.3. The molecule has 1 aliphatic rings. The molecule has 2 heterocycles. The molecule has 0 N–H and O–H groups in total. The molecule has 9 rings (SSSR count). The molecule has 0 saturated carbocycles. The molecular formula is C42H30N2O. The Kier molecular flexibility index (Phi) is 5.95. The van der Waals surface area contributed by atoms with E-state index in [1.54, 1.807) is 0 Å². The van der Waals surface area contributed by atoms with E-state index in [9.17, 15) is 0 Å². The van der Waals surface area contributed by atoms with Gasteiger partial charge in [0.25, 0.3) is 0 Å². The number of para-hydroxylation sites is 3. The molecule has 2 aromatic heterocycles. The standard InChI is InChI=1S/C42H30N2O/c1-2-11-29(12-3-1)30-21-23-31(24-22-30)43(39-18-10-20-41-42(39)36-15-6-9-19-40(36)45-41)32-25-27-33(28-26-32)44-37-16-7-4-13-34(37)35-14-5-8-17-38(35)44/h1-2,4-11,13-28H,3,12H2. The molecule has 0 aliphatic heterocycles. The van der Waals surface area contributed by atoms with E-state index < -0.39 is 0 Å². The maximum absolute atomic E-state index is 6.32. The van der Waals surface area contributed by atoms with Gasteiger partial charge in [-0.2, -0.15) is 0 Å². The smallest absolute Gasteiger partial charge is 0.137 e. The Balaban J connectivity index is 1.22. The second-order valence-corrected chi connectivity index (χ2v) is 11.7. The quantitative estimate of drug-likeness (QED) is 0.203. The van der Waals surface area contributed by atoms with Crippen LogP contribution in [0.4, 0.5) is 17.1 Å². The molecule has 214 valence electrons. The molecule has 6 aromatic carbocycles. The van der Waals surface area contributed by atoms with Crippen molar-refractivity contribution in [2.24, 2.45) is 0 Å². The second-order valence-electron chi connectivity index (χ2n) is 11.7. The number of rotatable bonds is 5. The summed E-state index contributed by atoms with van der Waals surface area (Å²) in [5.41, 5.74) is 11.3. The average Bonchev–Trinajstić information content (AvgIpc) is 3.66. The van der Waals surface area contributed by atoms with Gasteiger partial charge in [0.1, 0.15) is 11.2 Å². The first kappa shape index (κ1) is 25.7. The number of fused-ring (bicyclic) bond motifs is 6. The van der Waals surface area contributed by atoms with Crippen molar-refractivity contribution in [2.75, 3.05) is 4.90 Å². The van der Waals surface area contributed by atoms with Crippen LogP contribution in [-0.2, 0) is 0 Å². The minimum Gasteiger partial charge on any atom is -0.456 e. The minimum absolute atomic E-state index is 0.886. The predicted molar refractivity (Wildman–Crippen MR) is 189 cm³/mol. The number of furan rings is 1. The molecule has 45 heavy (non-hydrogen) atoms. The van der Waals surface area contributed by atoms with E-state index in [4.69, 9.17) is 4.42 Å². The first-order valence-electron chi connectivity index (χ1n) is 15.6. The summed E-state index contributed by atoms with van der Waals surface area (Å²) in [7, 11) is 0. The summed E-state index contributed by atoms with van der Waals surface area (Å²) in [5.74, 6) is 0. The van der Waals surface area contributed by atoms with E-state index in [0.29, 0.717) is 0 Å². The molecule has 0 bridgehead atoms. The molecule has 3 heteroatoms. The van der Waals surface area contributed by atoms with Gasteiger partial charge >= 0.3 is 0 Å². The molecule has 0 saturated heterocycles. The number of anilines is 3. The van der Waals surface area contributed by atoms with Crippen LogP contribution in [0.2, 0.25) is 0 Å². The van der Waals surface area contributed by atoms with E-state index in [2.05, 4.69) is 155 Å². The lowest BCUT2D eigenvalue weighted by molar-refractivity contribution is 0.669. The Morgan fingerprint density at radius 2 is 1.18 bits per heavy atom. The number of hydrogen-bond donors (Lipinski definition) is 0. The lowest BCUT2D eigenvalue weighted by Crippen LogP contribution is -2.10. The first-order valence-corrected chi connectivity index (χ1v) is 15.6. The fourth-order valence-corrected chi connectivity index (χ4v) is 6.99. The number of aromatic nitrogens is 1. The number of benzene rings is 6. The van der Waals surface area contributed by atoms with Gasteiger partial charge < -0.3 is 13.9 Å². The SMILES string of the molecule is C1=CCCC(c2ccc(N(c3ccc(-n4c5ccccc5c5ccccc54)cc3)c3cccc4oc5ccccc5c34)cc2)=C1. The van der Waals surface area contributed by atoms with E-state index in [0.717, 1.165) is 57.5 Å². The summed E-state index contributed by atoms with van der Waals surface area (Å²) in [6.07, 6.45) is 8.81. The van der Waals surface area contributed by atoms with E-state index in [1.165, 1.54) is 32.9 Å². The van der Waals surface area contributed by atoms with Crippen molar-refractivity contribution < 1.29 is 4.42 Å². The topological polar surface area (TPSA) is 21.3 Å². The molecule has 8 aromatic rings. The number of allylic oxidation sites excluding steroid dienone is 4. The third-order valence-corrected chi connectivity index (χ3v) is 9.08. The zero-order chi connectivity index (χ0) is 29.7. The normalized spacial score (nSPS) is 13.2. The highest BCUT2D eigenvalue weighted by molar-refractivity contribution is 6.13. The van der Waals surface area contributed by atoms with Gasteiger partial charge in [0, 0.05) is 33.2 Å². The van der Waals surface area contributed by atoms with Gasteiger partial charge in [-0.15, -0.1) is 0 Å². The van der Waals surface area contributed by atoms with Gasteiger partial charge in [0.05, 0.1) is 22.1 Å². The molecular weight excluding hydrogens is 548 g/mol. The van der Waals surface area contributed by atoms with Crippen LogP contribution < -0.4 is 4.90 Å². The summed E-state index contributed by atoms with van der Waals surface area (Å²) >= 11 is 0. The summed E-state index contributed by atoms with van der Waals surface area (Å²) in [6, 6.07) is 49.9. The van der Waals surface area contributed by atoms with Gasteiger partial charge in [-0.1, -0.05) is 91.0 Å². The van der Waals surface area contributed by atoms with Gasteiger partial charge in [-0.25, -0.2) is 0 Å². The Labute approximate surface area is 261 Å². The van der Waals surface area contributed by atoms with E-state index in [-0.39, 0.29) is 0 Å². The highest BCUT2D eigenvalue weighted by Crippen LogP contribution is 2.43. The molecule has 0 radical (unpaired) electrons. The lowest BCUT2D eigenvalue weighted by atomic mass is 9.97. The van der Waals surface area contributed by atoms with E-state index >= 15 is 0 Å². The predicted octanol–water partition coefficient (Wildman–Crippen LogP) is 11.9. The van der Waals surface area contributed by atoms with Crippen LogP contribution in [0.25, 0.3) is 55.0 Å². The zero-order valence-corrected chi connectivity index (χ0v) is 24.7. The van der Waals surface area contributed by atoms with Gasteiger partial charge in [-0.05, 0) is 90.7 Å². The monoisotopic (exact) mass is 578 g/mol. The van der Waals surface area contributed by atoms with Gasteiger partial charge in [0.15, 0.2) is 0 Å². The summed E-state index contributed by atoms with van der Waals surface area (Å²) < 4.78 is 8.68. The van der Waals surface area contributed by atoms with Crippen LogP contribution in [0.15, 0.2) is 162 Å². The summed E-state index contributed by atoms with van der Waals surface area (Å²) in [6.45, 7) is 0. The third kappa shape index (κ3) is 4.20. The van der Waals surface area contributed by atoms with Crippen molar-refractivity contribution in [1.82, 2.24) is 4.57 Å². The largest absolute Gasteiger partial charge is 0.456 e. The molecule has 0 spiro atoms. The Morgan fingerprint density at radius 3 is 1.87 bits per heavy atom. The Bertz CT molecular complexity index is 2370. The van der Waals surface area contributed by atoms with Crippen LogP contribution >= 0.6 is 0 Å². The van der Waals surface area contributed by atoms with Crippen LogP contribution in [0.5, 0.6) is 0 Å². The van der Waals surface area contributed by atoms with Crippen LogP contribution in [0.3, 0.4) is 0 Å². The van der Waals surface area contributed by atoms with Gasteiger partial charge in [0.2, 0.25) is 0 Å². The van der Waals surface area contributed by atoms with Crippen molar-refractivity contribution in [2.45, 2.75) is 12.8 Å². The van der Waals surface area contributed by atoms with Crippen LogP contribution in [-0.4, -0.2) is 4.57 Å². The number of hydrogen-bond acceptors (Lipinski definition) is 2. The Morgan fingerprint density at radius 1 is 0.556 bits per heavy atom. The number of nitrogens with zero attached hydrogens (tertiary/aromatic N) is 2. The third-order valence-electron chi connectivity index (χ3n) is 9.08. The van der Waals surface area contributed by atoms with Crippen molar-refractivity contribution in [1.29, 1.82) is 0 Å². The molecule has 3 nitrogen and oxygen atoms in total. The Hall–Kier alpha value is -5.80. The minimum atomic E-state index is 0.886. The molecule has 0 unspecified atom stereocenters. The fraction of sp³-hybridized carbons (Fsp3) is 0.0476. The highest BCUT2D eigenvalue weighted by atomic mass is 16.3. The molecule has 0 amide bonds. The van der Waals surface area contributed by atoms with Crippen molar-refractivity contribution in [3.8, 4) is 5.69 Å².